The standard InChI is InChI=1S/C26H25Cl2N5O5/c1-26(36,15-34)38-33-23-16(13-19(24(33)35)22-20(27)3-2-4-21(22)28)14-29-25(31-23)30-17-5-7-18(8-6-17)32-9-11-37-12-10-32/h2-8,13-14,34,36H,9-12,15H2,1H3,(H,29,30,31). The number of benzene rings is 2. The third kappa shape index (κ3) is 5.40. The van der Waals surface area contributed by atoms with Gasteiger partial charge in [-0.3, -0.25) is 4.79 Å². The summed E-state index contributed by atoms with van der Waals surface area (Å²) in [4.78, 5) is 30.2. The fraction of sp³-hybridized carbons (Fsp3) is 0.269. The molecule has 3 N–H and O–H groups in total. The minimum atomic E-state index is -2.08. The first-order valence-corrected chi connectivity index (χ1v) is 12.6. The third-order valence-corrected chi connectivity index (χ3v) is 6.65. The summed E-state index contributed by atoms with van der Waals surface area (Å²) in [6, 6.07) is 14.2. The number of fused-ring (bicyclic) bond motifs is 1. The fourth-order valence-corrected chi connectivity index (χ4v) is 4.68. The molecule has 198 valence electrons. The number of nitrogens with zero attached hydrogens (tertiary/aromatic N) is 4. The average molecular weight is 558 g/mol. The Morgan fingerprint density at radius 1 is 1.13 bits per heavy atom. The van der Waals surface area contributed by atoms with Crippen molar-refractivity contribution in [3.05, 3.63) is 75.1 Å². The quantitative estimate of drug-likeness (QED) is 0.293. The Morgan fingerprint density at radius 2 is 1.82 bits per heavy atom. The topological polar surface area (TPSA) is 122 Å². The van der Waals surface area contributed by atoms with Gasteiger partial charge in [-0.05, 0) is 42.5 Å². The molecule has 0 radical (unpaired) electrons. The second-order valence-corrected chi connectivity index (χ2v) is 9.74. The van der Waals surface area contributed by atoms with Gasteiger partial charge in [-0.25, -0.2) is 4.98 Å². The number of pyridine rings is 1. The van der Waals surface area contributed by atoms with Gasteiger partial charge < -0.3 is 30.0 Å². The van der Waals surface area contributed by atoms with Crippen molar-refractivity contribution in [3.8, 4) is 11.1 Å². The Morgan fingerprint density at radius 3 is 2.47 bits per heavy atom. The van der Waals surface area contributed by atoms with E-state index < -0.39 is 18.0 Å². The lowest BCUT2D eigenvalue weighted by Crippen LogP contribution is -2.45. The number of aromatic nitrogens is 3. The molecule has 1 aliphatic rings. The molecule has 2 aromatic carbocycles. The van der Waals surface area contributed by atoms with E-state index in [1.807, 2.05) is 24.3 Å². The summed E-state index contributed by atoms with van der Waals surface area (Å²) in [7, 11) is 0. The predicted octanol–water partition coefficient (Wildman–Crippen LogP) is 3.47. The van der Waals surface area contributed by atoms with E-state index in [1.165, 1.54) is 13.1 Å². The number of hydrogen-bond donors (Lipinski definition) is 3. The van der Waals surface area contributed by atoms with E-state index in [9.17, 15) is 15.0 Å². The molecule has 12 heteroatoms. The van der Waals surface area contributed by atoms with Gasteiger partial charge in [0.05, 0.1) is 28.8 Å². The lowest BCUT2D eigenvalue weighted by Gasteiger charge is -2.28. The first kappa shape index (κ1) is 26.2. The maximum Gasteiger partial charge on any atom is 0.293 e. The molecule has 5 rings (SSSR count). The Labute approximate surface area is 227 Å². The second-order valence-electron chi connectivity index (χ2n) is 8.92. The number of aliphatic hydroxyl groups is 2. The van der Waals surface area contributed by atoms with Crippen LogP contribution in [0.4, 0.5) is 17.3 Å². The molecule has 1 unspecified atom stereocenters. The van der Waals surface area contributed by atoms with Gasteiger partial charge in [-0.2, -0.15) is 4.98 Å². The van der Waals surface area contributed by atoms with Crippen molar-refractivity contribution in [1.29, 1.82) is 0 Å². The van der Waals surface area contributed by atoms with Crippen LogP contribution in [-0.2, 0) is 4.74 Å². The lowest BCUT2D eigenvalue weighted by molar-refractivity contribution is -0.211. The molecular formula is C26H25Cl2N5O5. The van der Waals surface area contributed by atoms with E-state index in [-0.39, 0.29) is 27.2 Å². The molecule has 0 saturated carbocycles. The van der Waals surface area contributed by atoms with Crippen LogP contribution in [0.25, 0.3) is 22.2 Å². The molecular weight excluding hydrogens is 533 g/mol. The van der Waals surface area contributed by atoms with Crippen molar-refractivity contribution in [2.24, 2.45) is 0 Å². The van der Waals surface area contributed by atoms with Gasteiger partial charge in [0.15, 0.2) is 5.65 Å². The molecule has 3 heterocycles. The minimum Gasteiger partial charge on any atom is -0.389 e. The zero-order chi connectivity index (χ0) is 26.9. The molecule has 0 amide bonds. The van der Waals surface area contributed by atoms with Crippen molar-refractivity contribution >= 4 is 51.6 Å². The fourth-order valence-electron chi connectivity index (χ4n) is 4.08. The predicted molar refractivity (Wildman–Crippen MR) is 146 cm³/mol. The highest BCUT2D eigenvalue weighted by Crippen LogP contribution is 2.34. The number of morpholine rings is 1. The van der Waals surface area contributed by atoms with Gasteiger partial charge >= 0.3 is 0 Å². The minimum absolute atomic E-state index is 0.0677. The van der Waals surface area contributed by atoms with Gasteiger partial charge in [-0.15, -0.1) is 4.73 Å². The Kier molecular flexibility index (Phi) is 7.42. The molecule has 38 heavy (non-hydrogen) atoms. The van der Waals surface area contributed by atoms with Gasteiger partial charge in [0.2, 0.25) is 5.95 Å². The van der Waals surface area contributed by atoms with Crippen LogP contribution in [0.5, 0.6) is 0 Å². The summed E-state index contributed by atoms with van der Waals surface area (Å²) in [6.07, 6.45) is 1.51. The van der Waals surface area contributed by atoms with Crippen LogP contribution >= 0.6 is 23.2 Å². The molecule has 1 atom stereocenters. The van der Waals surface area contributed by atoms with E-state index in [1.54, 1.807) is 24.3 Å². The molecule has 0 spiro atoms. The number of hydrogen-bond acceptors (Lipinski definition) is 9. The van der Waals surface area contributed by atoms with Crippen LogP contribution in [0.1, 0.15) is 6.92 Å². The Balaban J connectivity index is 1.55. The number of aliphatic hydroxyl groups excluding tert-OH is 1. The zero-order valence-electron chi connectivity index (χ0n) is 20.4. The summed E-state index contributed by atoms with van der Waals surface area (Å²) in [5, 5.41) is 24.0. The largest absolute Gasteiger partial charge is 0.389 e. The zero-order valence-corrected chi connectivity index (χ0v) is 21.9. The number of halogens is 2. The van der Waals surface area contributed by atoms with Crippen LogP contribution in [-0.4, -0.2) is 63.6 Å². The smallest absolute Gasteiger partial charge is 0.293 e. The van der Waals surface area contributed by atoms with Crippen molar-refractivity contribution < 1.29 is 19.8 Å². The maximum atomic E-state index is 13.6. The normalized spacial score (nSPS) is 15.3. The number of ether oxygens (including phenoxy) is 1. The molecule has 1 aliphatic heterocycles. The summed E-state index contributed by atoms with van der Waals surface area (Å²) in [5.74, 6) is -1.88. The second kappa shape index (κ2) is 10.8. The van der Waals surface area contributed by atoms with Crippen LogP contribution < -0.4 is 20.6 Å². The monoisotopic (exact) mass is 557 g/mol. The van der Waals surface area contributed by atoms with Crippen molar-refractivity contribution in [3.63, 3.8) is 0 Å². The van der Waals surface area contributed by atoms with E-state index >= 15 is 0 Å². The Hall–Kier alpha value is -3.41. The van der Waals surface area contributed by atoms with E-state index in [0.717, 1.165) is 29.2 Å². The van der Waals surface area contributed by atoms with Gasteiger partial charge in [0.1, 0.15) is 6.61 Å². The van der Waals surface area contributed by atoms with Crippen molar-refractivity contribution in [1.82, 2.24) is 14.7 Å². The molecule has 4 aromatic rings. The molecule has 1 saturated heterocycles. The van der Waals surface area contributed by atoms with E-state index in [0.29, 0.717) is 24.2 Å². The van der Waals surface area contributed by atoms with Gasteiger partial charge in [0.25, 0.3) is 11.3 Å². The van der Waals surface area contributed by atoms with E-state index in [4.69, 9.17) is 32.8 Å². The number of nitrogens with one attached hydrogen (secondary N) is 1. The SMILES string of the molecule is CC(O)(CO)On1c(=O)c(-c2c(Cl)cccc2Cl)cc2cnc(Nc3ccc(N4CCOCC4)cc3)nc21. The summed E-state index contributed by atoms with van der Waals surface area (Å²) >= 11 is 12.7. The molecule has 2 aromatic heterocycles. The summed E-state index contributed by atoms with van der Waals surface area (Å²) in [6.45, 7) is 3.50. The highest BCUT2D eigenvalue weighted by molar-refractivity contribution is 6.39. The first-order valence-electron chi connectivity index (χ1n) is 11.9. The van der Waals surface area contributed by atoms with Crippen LogP contribution in [0.2, 0.25) is 10.0 Å². The highest BCUT2D eigenvalue weighted by Gasteiger charge is 2.26. The third-order valence-electron chi connectivity index (χ3n) is 6.02. The summed E-state index contributed by atoms with van der Waals surface area (Å²) < 4.78 is 6.23. The van der Waals surface area contributed by atoms with E-state index in [2.05, 4.69) is 20.2 Å². The van der Waals surface area contributed by atoms with Crippen LogP contribution in [0.3, 0.4) is 0 Å². The lowest BCUT2D eigenvalue weighted by atomic mass is 10.1. The molecule has 0 aliphatic carbocycles. The number of rotatable bonds is 7. The molecule has 0 bridgehead atoms. The van der Waals surface area contributed by atoms with Crippen LogP contribution in [0.15, 0.2) is 59.5 Å². The van der Waals surface area contributed by atoms with Gasteiger partial charge in [-0.1, -0.05) is 29.3 Å². The van der Waals surface area contributed by atoms with Crippen molar-refractivity contribution in [2.75, 3.05) is 43.1 Å². The number of anilines is 3. The van der Waals surface area contributed by atoms with Gasteiger partial charge in [0, 0.05) is 48.5 Å². The Bertz CT molecular complexity index is 1500. The summed E-state index contributed by atoms with van der Waals surface area (Å²) in [5.41, 5.74) is 1.62. The average Bonchev–Trinajstić information content (AvgIpc) is 2.92. The highest BCUT2D eigenvalue weighted by atomic mass is 35.5. The first-order chi connectivity index (χ1) is 18.3. The molecule has 10 nitrogen and oxygen atoms in total. The van der Waals surface area contributed by atoms with Crippen molar-refractivity contribution in [2.45, 2.75) is 12.7 Å². The van der Waals surface area contributed by atoms with Crippen LogP contribution in [0, 0.1) is 0 Å². The molecule has 1 fully saturated rings. The maximum absolute atomic E-state index is 13.6.